The Labute approximate surface area is 120 Å². The molecule has 0 bridgehead atoms. The molecule has 0 spiro atoms. The van der Waals surface area contributed by atoms with Crippen molar-refractivity contribution >= 4 is 11.8 Å². The molecule has 0 atom stereocenters. The van der Waals surface area contributed by atoms with Crippen LogP contribution in [0.3, 0.4) is 0 Å². The molecule has 0 aliphatic heterocycles. The van der Waals surface area contributed by atoms with E-state index in [0.29, 0.717) is 18.8 Å². The number of ether oxygens (including phenoxy) is 1. The van der Waals surface area contributed by atoms with Crippen LogP contribution in [0, 0.1) is 5.41 Å². The first-order chi connectivity index (χ1) is 9.38. The first-order valence-electron chi connectivity index (χ1n) is 6.85. The van der Waals surface area contributed by atoms with Gasteiger partial charge in [-0.05, 0) is 30.4 Å². The first kappa shape index (κ1) is 16.4. The number of hydrogen-bond acceptors (Lipinski definition) is 4. The molecule has 5 heteroatoms. The quantitative estimate of drug-likeness (QED) is 0.766. The SMILES string of the molecule is CCc1cc(C(=O)O)cc(NCC(C)(C)CCOC)n1. The summed E-state index contributed by atoms with van der Waals surface area (Å²) in [4.78, 5) is 15.5. The van der Waals surface area contributed by atoms with Crippen LogP contribution >= 0.6 is 0 Å². The summed E-state index contributed by atoms with van der Waals surface area (Å²) in [7, 11) is 1.69. The number of aromatic nitrogens is 1. The second-order valence-corrected chi connectivity index (χ2v) is 5.65. The van der Waals surface area contributed by atoms with Crippen LogP contribution in [0.2, 0.25) is 0 Å². The number of pyridine rings is 1. The molecule has 1 aromatic heterocycles. The van der Waals surface area contributed by atoms with Crippen molar-refractivity contribution in [2.75, 3.05) is 25.6 Å². The van der Waals surface area contributed by atoms with E-state index in [0.717, 1.165) is 18.7 Å². The van der Waals surface area contributed by atoms with E-state index >= 15 is 0 Å². The van der Waals surface area contributed by atoms with Crippen LogP contribution in [-0.4, -0.2) is 36.3 Å². The van der Waals surface area contributed by atoms with Crippen molar-refractivity contribution in [3.05, 3.63) is 23.4 Å². The molecule has 0 amide bonds. The van der Waals surface area contributed by atoms with Gasteiger partial charge in [0.25, 0.3) is 0 Å². The highest BCUT2D eigenvalue weighted by atomic mass is 16.5. The number of aromatic carboxylic acids is 1. The van der Waals surface area contributed by atoms with Crippen molar-refractivity contribution in [3.8, 4) is 0 Å². The summed E-state index contributed by atoms with van der Waals surface area (Å²) in [6, 6.07) is 3.19. The number of hydrogen-bond donors (Lipinski definition) is 2. The highest BCUT2D eigenvalue weighted by Crippen LogP contribution is 2.21. The third kappa shape index (κ3) is 5.17. The predicted octanol–water partition coefficient (Wildman–Crippen LogP) is 2.82. The number of nitrogens with one attached hydrogen (secondary N) is 1. The molecule has 112 valence electrons. The lowest BCUT2D eigenvalue weighted by molar-refractivity contribution is 0.0696. The summed E-state index contributed by atoms with van der Waals surface area (Å²) < 4.78 is 5.10. The van der Waals surface area contributed by atoms with Gasteiger partial charge >= 0.3 is 5.97 Å². The molecule has 0 saturated heterocycles. The lowest BCUT2D eigenvalue weighted by Crippen LogP contribution is -2.25. The van der Waals surface area contributed by atoms with Crippen LogP contribution in [0.15, 0.2) is 12.1 Å². The maximum Gasteiger partial charge on any atom is 0.335 e. The van der Waals surface area contributed by atoms with Gasteiger partial charge in [-0.1, -0.05) is 20.8 Å². The van der Waals surface area contributed by atoms with E-state index in [1.165, 1.54) is 0 Å². The van der Waals surface area contributed by atoms with Crippen molar-refractivity contribution in [1.29, 1.82) is 0 Å². The minimum atomic E-state index is -0.927. The zero-order chi connectivity index (χ0) is 15.2. The standard InChI is InChI=1S/C15H24N2O3/c1-5-12-8-11(14(18)19)9-13(17-12)16-10-15(2,3)6-7-20-4/h8-9H,5-7,10H2,1-4H3,(H,16,17)(H,18,19). The summed E-state index contributed by atoms with van der Waals surface area (Å²) in [6.45, 7) is 7.66. The van der Waals surface area contributed by atoms with Crippen LogP contribution in [0.4, 0.5) is 5.82 Å². The lowest BCUT2D eigenvalue weighted by atomic mass is 9.90. The molecule has 2 N–H and O–H groups in total. The third-order valence-electron chi connectivity index (χ3n) is 3.22. The van der Waals surface area contributed by atoms with Crippen molar-refractivity contribution < 1.29 is 14.6 Å². The van der Waals surface area contributed by atoms with Gasteiger partial charge < -0.3 is 15.2 Å². The van der Waals surface area contributed by atoms with E-state index in [-0.39, 0.29) is 11.0 Å². The fourth-order valence-corrected chi connectivity index (χ4v) is 1.78. The molecule has 0 aromatic carbocycles. The van der Waals surface area contributed by atoms with Gasteiger partial charge in [-0.2, -0.15) is 0 Å². The summed E-state index contributed by atoms with van der Waals surface area (Å²) >= 11 is 0. The number of anilines is 1. The maximum atomic E-state index is 11.1. The zero-order valence-electron chi connectivity index (χ0n) is 12.7. The summed E-state index contributed by atoms with van der Waals surface area (Å²) in [5, 5.41) is 12.3. The minimum absolute atomic E-state index is 0.0588. The van der Waals surface area contributed by atoms with Crippen molar-refractivity contribution in [1.82, 2.24) is 4.98 Å². The normalized spacial score (nSPS) is 11.4. The average Bonchev–Trinajstić information content (AvgIpc) is 2.42. The molecule has 1 heterocycles. The fraction of sp³-hybridized carbons (Fsp3) is 0.600. The van der Waals surface area contributed by atoms with Gasteiger partial charge in [0.05, 0.1) is 5.56 Å². The van der Waals surface area contributed by atoms with Gasteiger partial charge in [0, 0.05) is 26.0 Å². The van der Waals surface area contributed by atoms with Crippen molar-refractivity contribution in [2.24, 2.45) is 5.41 Å². The van der Waals surface area contributed by atoms with E-state index < -0.39 is 5.97 Å². The van der Waals surface area contributed by atoms with Crippen LogP contribution in [-0.2, 0) is 11.2 Å². The molecule has 0 aliphatic carbocycles. The minimum Gasteiger partial charge on any atom is -0.478 e. The Balaban J connectivity index is 2.76. The summed E-state index contributed by atoms with van der Waals surface area (Å²) in [5.41, 5.74) is 1.11. The number of nitrogens with zero attached hydrogens (tertiary/aromatic N) is 1. The van der Waals surface area contributed by atoms with Gasteiger partial charge in [-0.3, -0.25) is 0 Å². The molecule has 0 aliphatic rings. The van der Waals surface area contributed by atoms with Crippen LogP contribution in [0.1, 0.15) is 43.2 Å². The van der Waals surface area contributed by atoms with E-state index in [9.17, 15) is 4.79 Å². The van der Waals surface area contributed by atoms with Crippen molar-refractivity contribution in [3.63, 3.8) is 0 Å². The Morgan fingerprint density at radius 1 is 1.45 bits per heavy atom. The number of aryl methyl sites for hydroxylation is 1. The molecule has 5 nitrogen and oxygen atoms in total. The summed E-state index contributed by atoms with van der Waals surface area (Å²) in [6.07, 6.45) is 1.64. The van der Waals surface area contributed by atoms with Gasteiger partial charge in [0.2, 0.25) is 0 Å². The molecule has 0 unspecified atom stereocenters. The van der Waals surface area contributed by atoms with Crippen LogP contribution < -0.4 is 5.32 Å². The van der Waals surface area contributed by atoms with E-state index in [4.69, 9.17) is 9.84 Å². The number of carbonyl (C=O) groups is 1. The molecule has 0 radical (unpaired) electrons. The Kier molecular flexibility index (Phi) is 5.95. The second-order valence-electron chi connectivity index (χ2n) is 5.65. The van der Waals surface area contributed by atoms with E-state index in [2.05, 4.69) is 24.1 Å². The molecular weight excluding hydrogens is 256 g/mol. The second kappa shape index (κ2) is 7.24. The monoisotopic (exact) mass is 280 g/mol. The van der Waals surface area contributed by atoms with Gasteiger partial charge in [-0.25, -0.2) is 9.78 Å². The van der Waals surface area contributed by atoms with Gasteiger partial charge in [-0.15, -0.1) is 0 Å². The molecule has 1 aromatic rings. The summed E-state index contributed by atoms with van der Waals surface area (Å²) in [5.74, 6) is -0.309. The highest BCUT2D eigenvalue weighted by molar-refractivity contribution is 5.88. The largest absolute Gasteiger partial charge is 0.478 e. The van der Waals surface area contributed by atoms with E-state index in [1.54, 1.807) is 19.2 Å². The number of carboxylic acids is 1. The smallest absolute Gasteiger partial charge is 0.335 e. The van der Waals surface area contributed by atoms with Crippen molar-refractivity contribution in [2.45, 2.75) is 33.6 Å². The average molecular weight is 280 g/mol. The number of methoxy groups -OCH3 is 1. The maximum absolute atomic E-state index is 11.1. The highest BCUT2D eigenvalue weighted by Gasteiger charge is 2.18. The fourth-order valence-electron chi connectivity index (χ4n) is 1.78. The third-order valence-corrected chi connectivity index (χ3v) is 3.22. The topological polar surface area (TPSA) is 71.5 Å². The van der Waals surface area contributed by atoms with Crippen LogP contribution in [0.25, 0.3) is 0 Å². The van der Waals surface area contributed by atoms with Crippen LogP contribution in [0.5, 0.6) is 0 Å². The zero-order valence-corrected chi connectivity index (χ0v) is 12.7. The molecular formula is C15H24N2O3. The molecule has 0 fully saturated rings. The lowest BCUT2D eigenvalue weighted by Gasteiger charge is -2.25. The molecule has 0 saturated carbocycles. The molecule has 20 heavy (non-hydrogen) atoms. The Bertz CT molecular complexity index is 458. The van der Waals surface area contributed by atoms with Gasteiger partial charge in [0.1, 0.15) is 5.82 Å². The number of carboxylic acid groups (broad SMARTS) is 1. The number of rotatable bonds is 8. The Morgan fingerprint density at radius 3 is 2.70 bits per heavy atom. The Hall–Kier alpha value is -1.62. The van der Waals surface area contributed by atoms with E-state index in [1.807, 2.05) is 6.92 Å². The Morgan fingerprint density at radius 2 is 2.15 bits per heavy atom. The molecule has 1 rings (SSSR count). The van der Waals surface area contributed by atoms with Gasteiger partial charge in [0.15, 0.2) is 0 Å². The first-order valence-corrected chi connectivity index (χ1v) is 6.85. The predicted molar refractivity (Wildman–Crippen MR) is 79.3 cm³/mol.